The Morgan fingerprint density at radius 1 is 1.41 bits per heavy atom. The van der Waals surface area contributed by atoms with E-state index in [1.54, 1.807) is 7.11 Å². The molecule has 3 heteroatoms. The van der Waals surface area contributed by atoms with E-state index >= 15 is 0 Å². The Morgan fingerprint density at radius 2 is 2.18 bits per heavy atom. The zero-order valence-corrected chi connectivity index (χ0v) is 10.6. The molecule has 0 aromatic heterocycles. The first kappa shape index (κ1) is 13.4. The molecule has 92 valence electrons. The molecule has 0 aliphatic heterocycles. The van der Waals surface area contributed by atoms with Crippen molar-refractivity contribution in [2.24, 2.45) is 0 Å². The van der Waals surface area contributed by atoms with Crippen LogP contribution in [0, 0.1) is 12.3 Å². The summed E-state index contributed by atoms with van der Waals surface area (Å²) in [5.74, 6) is 3.90. The first-order valence-electron chi connectivity index (χ1n) is 5.64. The number of hydrogen-bond donors (Lipinski definition) is 1. The van der Waals surface area contributed by atoms with Crippen molar-refractivity contribution < 1.29 is 9.47 Å². The van der Waals surface area contributed by atoms with E-state index in [1.165, 1.54) is 0 Å². The lowest BCUT2D eigenvalue weighted by molar-refractivity contribution is 0.326. The summed E-state index contributed by atoms with van der Waals surface area (Å²) in [5.41, 5.74) is 1.05. The van der Waals surface area contributed by atoms with Crippen LogP contribution in [0.4, 0.5) is 0 Å². The Labute approximate surface area is 103 Å². The Bertz CT molecular complexity index is 394. The molecule has 0 amide bonds. The van der Waals surface area contributed by atoms with E-state index in [1.807, 2.05) is 18.2 Å². The average Bonchev–Trinajstić information content (AvgIpc) is 2.33. The van der Waals surface area contributed by atoms with Crippen LogP contribution < -0.4 is 14.8 Å². The van der Waals surface area contributed by atoms with Gasteiger partial charge in [-0.15, -0.1) is 6.42 Å². The highest BCUT2D eigenvalue weighted by molar-refractivity contribution is 5.46. The molecule has 1 aromatic rings. The first-order chi connectivity index (χ1) is 8.19. The molecular formula is C14H19NO2. The predicted octanol–water partition coefficient (Wildman–Crippen LogP) is 2.21. The topological polar surface area (TPSA) is 30.5 Å². The molecular weight excluding hydrogens is 214 g/mol. The van der Waals surface area contributed by atoms with Gasteiger partial charge in [-0.25, -0.2) is 0 Å². The Morgan fingerprint density at radius 3 is 2.76 bits per heavy atom. The fourth-order valence-corrected chi connectivity index (χ4v) is 1.45. The molecule has 0 spiro atoms. The molecule has 0 unspecified atom stereocenters. The van der Waals surface area contributed by atoms with E-state index in [2.05, 4.69) is 25.1 Å². The fraction of sp³-hybridized carbons (Fsp3) is 0.429. The summed E-state index contributed by atoms with van der Waals surface area (Å²) in [4.78, 5) is 0. The first-order valence-corrected chi connectivity index (χ1v) is 5.64. The van der Waals surface area contributed by atoms with Crippen LogP contribution in [0.2, 0.25) is 0 Å². The minimum atomic E-state index is 0.245. The van der Waals surface area contributed by atoms with Crippen LogP contribution in [-0.2, 0) is 6.54 Å². The van der Waals surface area contributed by atoms with Crippen LogP contribution in [0.1, 0.15) is 19.4 Å². The third kappa shape index (κ3) is 4.01. The van der Waals surface area contributed by atoms with Crippen LogP contribution >= 0.6 is 0 Å². The van der Waals surface area contributed by atoms with Crippen molar-refractivity contribution in [1.82, 2.24) is 5.32 Å². The van der Waals surface area contributed by atoms with E-state index in [9.17, 15) is 0 Å². The lowest BCUT2D eigenvalue weighted by Crippen LogP contribution is -2.22. The molecule has 0 saturated heterocycles. The molecule has 0 heterocycles. The van der Waals surface area contributed by atoms with Gasteiger partial charge in [0.1, 0.15) is 6.61 Å². The summed E-state index contributed by atoms with van der Waals surface area (Å²) >= 11 is 0. The molecule has 17 heavy (non-hydrogen) atoms. The standard InChI is InChI=1S/C14H19NO2/c1-5-9-17-14-12(10-15-11(2)3)7-6-8-13(14)16-4/h1,6-8,11,15H,9-10H2,2-4H3. The van der Waals surface area contributed by atoms with E-state index in [4.69, 9.17) is 15.9 Å². The van der Waals surface area contributed by atoms with E-state index in [0.29, 0.717) is 11.8 Å². The number of terminal acetylenes is 1. The highest BCUT2D eigenvalue weighted by Crippen LogP contribution is 2.30. The third-order valence-electron chi connectivity index (χ3n) is 2.28. The molecule has 0 fully saturated rings. The lowest BCUT2D eigenvalue weighted by atomic mass is 10.1. The Balaban J connectivity index is 2.89. The maximum Gasteiger partial charge on any atom is 0.167 e. The van der Waals surface area contributed by atoms with Crippen molar-refractivity contribution in [3.8, 4) is 23.8 Å². The summed E-state index contributed by atoms with van der Waals surface area (Å²) < 4.78 is 10.8. The van der Waals surface area contributed by atoms with E-state index < -0.39 is 0 Å². The number of nitrogens with one attached hydrogen (secondary N) is 1. The van der Waals surface area contributed by atoms with Crippen LogP contribution in [0.15, 0.2) is 18.2 Å². The highest BCUT2D eigenvalue weighted by Gasteiger charge is 2.10. The van der Waals surface area contributed by atoms with Gasteiger partial charge < -0.3 is 14.8 Å². The molecule has 1 N–H and O–H groups in total. The van der Waals surface area contributed by atoms with Crippen molar-refractivity contribution in [3.63, 3.8) is 0 Å². The molecule has 1 rings (SSSR count). The minimum Gasteiger partial charge on any atom is -0.493 e. The number of benzene rings is 1. The van der Waals surface area contributed by atoms with Gasteiger partial charge in [0.15, 0.2) is 11.5 Å². The maximum absolute atomic E-state index is 5.54. The van der Waals surface area contributed by atoms with Crippen molar-refractivity contribution in [3.05, 3.63) is 23.8 Å². The van der Waals surface area contributed by atoms with Gasteiger partial charge in [0.05, 0.1) is 7.11 Å². The lowest BCUT2D eigenvalue weighted by Gasteiger charge is -2.15. The van der Waals surface area contributed by atoms with Crippen molar-refractivity contribution in [2.75, 3.05) is 13.7 Å². The van der Waals surface area contributed by atoms with Gasteiger partial charge in [0.25, 0.3) is 0 Å². The van der Waals surface area contributed by atoms with Gasteiger partial charge in [0, 0.05) is 18.2 Å². The average molecular weight is 233 g/mol. The maximum atomic E-state index is 5.54. The Hall–Kier alpha value is -1.66. The predicted molar refractivity (Wildman–Crippen MR) is 69.3 cm³/mol. The molecule has 0 atom stereocenters. The van der Waals surface area contributed by atoms with E-state index in [-0.39, 0.29) is 6.61 Å². The second-order valence-corrected chi connectivity index (χ2v) is 3.98. The second-order valence-electron chi connectivity index (χ2n) is 3.98. The number of hydrogen-bond acceptors (Lipinski definition) is 3. The van der Waals surface area contributed by atoms with Gasteiger partial charge in [-0.2, -0.15) is 0 Å². The van der Waals surface area contributed by atoms with E-state index in [0.717, 1.165) is 17.9 Å². The number of methoxy groups -OCH3 is 1. The molecule has 0 radical (unpaired) electrons. The summed E-state index contributed by atoms with van der Waals surface area (Å²) in [7, 11) is 1.62. The summed E-state index contributed by atoms with van der Waals surface area (Å²) in [5, 5.41) is 3.34. The zero-order valence-electron chi connectivity index (χ0n) is 10.6. The molecule has 0 aliphatic rings. The molecule has 3 nitrogen and oxygen atoms in total. The second kappa shape index (κ2) is 6.82. The molecule has 1 aromatic carbocycles. The van der Waals surface area contributed by atoms with Crippen LogP contribution in [0.5, 0.6) is 11.5 Å². The van der Waals surface area contributed by atoms with Crippen molar-refractivity contribution in [2.45, 2.75) is 26.4 Å². The molecule has 0 aliphatic carbocycles. The summed E-state index contributed by atoms with van der Waals surface area (Å²) in [6.07, 6.45) is 5.21. The van der Waals surface area contributed by atoms with Gasteiger partial charge in [0.2, 0.25) is 0 Å². The van der Waals surface area contributed by atoms with Crippen LogP contribution in [0.25, 0.3) is 0 Å². The van der Waals surface area contributed by atoms with Gasteiger partial charge >= 0.3 is 0 Å². The SMILES string of the molecule is C#CCOc1c(CNC(C)C)cccc1OC. The summed E-state index contributed by atoms with van der Waals surface area (Å²) in [6.45, 7) is 5.17. The third-order valence-corrected chi connectivity index (χ3v) is 2.28. The number of ether oxygens (including phenoxy) is 2. The normalized spacial score (nSPS) is 10.1. The van der Waals surface area contributed by atoms with Gasteiger partial charge in [-0.1, -0.05) is 31.9 Å². The molecule has 0 saturated carbocycles. The Kier molecular flexibility index (Phi) is 5.38. The quantitative estimate of drug-likeness (QED) is 0.764. The number of rotatable bonds is 6. The highest BCUT2D eigenvalue weighted by atomic mass is 16.5. The van der Waals surface area contributed by atoms with Gasteiger partial charge in [-0.3, -0.25) is 0 Å². The largest absolute Gasteiger partial charge is 0.493 e. The van der Waals surface area contributed by atoms with Crippen molar-refractivity contribution in [1.29, 1.82) is 0 Å². The number of para-hydroxylation sites is 1. The summed E-state index contributed by atoms with van der Waals surface area (Å²) in [6, 6.07) is 6.23. The zero-order chi connectivity index (χ0) is 12.7. The monoisotopic (exact) mass is 233 g/mol. The minimum absolute atomic E-state index is 0.245. The van der Waals surface area contributed by atoms with Crippen LogP contribution in [0.3, 0.4) is 0 Å². The smallest absolute Gasteiger partial charge is 0.167 e. The van der Waals surface area contributed by atoms with Crippen LogP contribution in [-0.4, -0.2) is 19.8 Å². The fourth-order valence-electron chi connectivity index (χ4n) is 1.45. The molecule has 0 bridgehead atoms. The van der Waals surface area contributed by atoms with Crippen molar-refractivity contribution >= 4 is 0 Å². The van der Waals surface area contributed by atoms with Gasteiger partial charge in [-0.05, 0) is 6.07 Å².